The van der Waals surface area contributed by atoms with E-state index in [1.165, 1.54) is 44.4 Å². The molecule has 1 amide bonds. The summed E-state index contributed by atoms with van der Waals surface area (Å²) in [5.41, 5.74) is 1.04. The van der Waals surface area contributed by atoms with E-state index >= 15 is 0 Å². The molecular formula is C20H24N4O2S. The van der Waals surface area contributed by atoms with Crippen LogP contribution in [-0.2, 0) is 16.0 Å². The summed E-state index contributed by atoms with van der Waals surface area (Å²) in [4.78, 5) is 24.4. The fraction of sp³-hybridized carbons (Fsp3) is 0.500. The SMILES string of the molecule is CC(=O)[C@@H](Cc1ccccc1)NC(=O)CSc1nnc(C2CC2)n1C1CC1. The highest BCUT2D eigenvalue weighted by atomic mass is 32.2. The Bertz CT molecular complexity index is 828. The zero-order chi connectivity index (χ0) is 18.8. The Morgan fingerprint density at radius 1 is 1.19 bits per heavy atom. The predicted octanol–water partition coefficient (Wildman–Crippen LogP) is 2.90. The quantitative estimate of drug-likeness (QED) is 0.673. The van der Waals surface area contributed by atoms with Crippen molar-refractivity contribution < 1.29 is 9.59 Å². The standard InChI is InChI=1S/C20H24N4O2S/c1-13(25)17(11-14-5-3-2-4-6-14)21-18(26)12-27-20-23-22-19(15-7-8-15)24(20)16-9-10-16/h2-6,15-17H,7-12H2,1H3,(H,21,26)/t17-/m1/s1. The molecule has 27 heavy (non-hydrogen) atoms. The third-order valence-electron chi connectivity index (χ3n) is 4.99. The molecule has 4 rings (SSSR count). The molecule has 2 aliphatic carbocycles. The molecule has 6 nitrogen and oxygen atoms in total. The van der Waals surface area contributed by atoms with Gasteiger partial charge in [-0.1, -0.05) is 42.1 Å². The minimum absolute atomic E-state index is 0.0330. The van der Waals surface area contributed by atoms with Crippen molar-refractivity contribution >= 4 is 23.5 Å². The van der Waals surface area contributed by atoms with Gasteiger partial charge in [0.15, 0.2) is 10.9 Å². The zero-order valence-electron chi connectivity index (χ0n) is 15.4. The van der Waals surface area contributed by atoms with Gasteiger partial charge in [0, 0.05) is 12.0 Å². The molecule has 0 aliphatic heterocycles. The van der Waals surface area contributed by atoms with Crippen LogP contribution in [0.4, 0.5) is 0 Å². The van der Waals surface area contributed by atoms with Crippen LogP contribution in [0.25, 0.3) is 0 Å². The van der Waals surface area contributed by atoms with Gasteiger partial charge in [0.05, 0.1) is 11.8 Å². The van der Waals surface area contributed by atoms with Gasteiger partial charge in [-0.05, 0) is 44.6 Å². The fourth-order valence-corrected chi connectivity index (χ4v) is 4.02. The van der Waals surface area contributed by atoms with Gasteiger partial charge in [0.2, 0.25) is 5.91 Å². The Morgan fingerprint density at radius 2 is 1.93 bits per heavy atom. The van der Waals surface area contributed by atoms with E-state index < -0.39 is 6.04 Å². The average Bonchev–Trinajstić information content (AvgIpc) is 3.59. The van der Waals surface area contributed by atoms with E-state index in [1.807, 2.05) is 30.3 Å². The van der Waals surface area contributed by atoms with Gasteiger partial charge < -0.3 is 9.88 Å². The monoisotopic (exact) mass is 384 g/mol. The molecule has 1 heterocycles. The zero-order valence-corrected chi connectivity index (χ0v) is 16.2. The Hall–Kier alpha value is -2.15. The minimum atomic E-state index is -0.496. The molecule has 0 saturated heterocycles. The number of thioether (sulfide) groups is 1. The number of aromatic nitrogens is 3. The second-order valence-electron chi connectivity index (χ2n) is 7.43. The summed E-state index contributed by atoms with van der Waals surface area (Å²) in [5.74, 6) is 1.71. The van der Waals surface area contributed by atoms with Gasteiger partial charge in [0.1, 0.15) is 5.82 Å². The number of nitrogens with zero attached hydrogens (tertiary/aromatic N) is 3. The Morgan fingerprint density at radius 3 is 2.56 bits per heavy atom. The van der Waals surface area contributed by atoms with E-state index in [2.05, 4.69) is 20.1 Å². The van der Waals surface area contributed by atoms with Crippen LogP contribution in [0.5, 0.6) is 0 Å². The van der Waals surface area contributed by atoms with Gasteiger partial charge in [0.25, 0.3) is 0 Å². The van der Waals surface area contributed by atoms with E-state index in [1.54, 1.807) is 0 Å². The summed E-state index contributed by atoms with van der Waals surface area (Å²) in [6.45, 7) is 1.52. The van der Waals surface area contributed by atoms with E-state index in [-0.39, 0.29) is 17.4 Å². The van der Waals surface area contributed by atoms with Crippen molar-refractivity contribution in [3.05, 3.63) is 41.7 Å². The normalized spacial score (nSPS) is 17.5. The molecular weight excluding hydrogens is 360 g/mol. The Labute approximate surface area is 163 Å². The highest BCUT2D eigenvalue weighted by Gasteiger charge is 2.36. The topological polar surface area (TPSA) is 76.9 Å². The molecule has 1 atom stereocenters. The van der Waals surface area contributed by atoms with E-state index in [0.717, 1.165) is 16.5 Å². The summed E-state index contributed by atoms with van der Waals surface area (Å²) in [5, 5.41) is 12.4. The van der Waals surface area contributed by atoms with Crippen molar-refractivity contribution in [2.45, 2.75) is 62.2 Å². The van der Waals surface area contributed by atoms with Crippen molar-refractivity contribution in [1.82, 2.24) is 20.1 Å². The maximum atomic E-state index is 12.4. The van der Waals surface area contributed by atoms with Crippen molar-refractivity contribution in [2.75, 3.05) is 5.75 Å². The largest absolute Gasteiger partial charge is 0.345 e. The summed E-state index contributed by atoms with van der Waals surface area (Å²) < 4.78 is 2.24. The second-order valence-corrected chi connectivity index (χ2v) is 8.37. The first-order valence-corrected chi connectivity index (χ1v) is 10.5. The molecule has 1 aromatic carbocycles. The first kappa shape index (κ1) is 18.2. The molecule has 2 aliphatic rings. The lowest BCUT2D eigenvalue weighted by molar-refractivity contribution is -0.125. The summed E-state index contributed by atoms with van der Waals surface area (Å²) in [6, 6.07) is 9.75. The van der Waals surface area contributed by atoms with Crippen molar-refractivity contribution in [3.63, 3.8) is 0 Å². The van der Waals surface area contributed by atoms with Gasteiger partial charge in [-0.3, -0.25) is 9.59 Å². The predicted molar refractivity (Wildman–Crippen MR) is 104 cm³/mol. The van der Waals surface area contributed by atoms with Crippen LogP contribution >= 0.6 is 11.8 Å². The maximum Gasteiger partial charge on any atom is 0.231 e. The van der Waals surface area contributed by atoms with Gasteiger partial charge in [-0.25, -0.2) is 0 Å². The molecule has 1 aromatic heterocycles. The molecule has 0 spiro atoms. The van der Waals surface area contributed by atoms with Gasteiger partial charge in [-0.2, -0.15) is 0 Å². The molecule has 0 unspecified atom stereocenters. The second kappa shape index (κ2) is 7.84. The number of amides is 1. The first-order chi connectivity index (χ1) is 13.1. The molecule has 1 N–H and O–H groups in total. The smallest absolute Gasteiger partial charge is 0.231 e. The lowest BCUT2D eigenvalue weighted by atomic mass is 10.0. The van der Waals surface area contributed by atoms with Crippen molar-refractivity contribution in [1.29, 1.82) is 0 Å². The number of carbonyl (C=O) groups is 2. The Kier molecular flexibility index (Phi) is 5.29. The van der Waals surface area contributed by atoms with Crippen molar-refractivity contribution in [3.8, 4) is 0 Å². The summed E-state index contributed by atoms with van der Waals surface area (Å²) in [6.07, 6.45) is 5.23. The van der Waals surface area contributed by atoms with Crippen LogP contribution in [-0.4, -0.2) is 38.2 Å². The van der Waals surface area contributed by atoms with Crippen LogP contribution in [0.2, 0.25) is 0 Å². The molecule has 2 aromatic rings. The number of hydrogen-bond donors (Lipinski definition) is 1. The van der Waals surface area contributed by atoms with Crippen LogP contribution in [0, 0.1) is 0 Å². The minimum Gasteiger partial charge on any atom is -0.345 e. The summed E-state index contributed by atoms with van der Waals surface area (Å²) in [7, 11) is 0. The molecule has 0 radical (unpaired) electrons. The van der Waals surface area contributed by atoms with E-state index in [9.17, 15) is 9.59 Å². The number of Topliss-reactive ketones (excluding diaryl/α,β-unsaturated/α-hetero) is 1. The van der Waals surface area contributed by atoms with Crippen LogP contribution in [0.15, 0.2) is 35.5 Å². The molecule has 142 valence electrons. The molecule has 2 fully saturated rings. The van der Waals surface area contributed by atoms with Crippen LogP contribution in [0.3, 0.4) is 0 Å². The van der Waals surface area contributed by atoms with E-state index in [0.29, 0.717) is 18.4 Å². The van der Waals surface area contributed by atoms with Gasteiger partial charge in [-0.15, -0.1) is 10.2 Å². The number of hydrogen-bond acceptors (Lipinski definition) is 5. The Balaban J connectivity index is 1.35. The maximum absolute atomic E-state index is 12.4. The van der Waals surface area contributed by atoms with Gasteiger partial charge >= 0.3 is 0 Å². The molecule has 7 heteroatoms. The molecule has 0 bridgehead atoms. The first-order valence-electron chi connectivity index (χ1n) is 9.53. The number of benzene rings is 1. The molecule has 2 saturated carbocycles. The highest BCUT2D eigenvalue weighted by Crippen LogP contribution is 2.45. The fourth-order valence-electron chi connectivity index (χ4n) is 3.19. The number of carbonyl (C=O) groups excluding carboxylic acids is 2. The number of nitrogens with one attached hydrogen (secondary N) is 1. The third-order valence-corrected chi connectivity index (χ3v) is 5.93. The average molecular weight is 385 g/mol. The summed E-state index contributed by atoms with van der Waals surface area (Å²) >= 11 is 1.42. The van der Waals surface area contributed by atoms with Crippen LogP contribution < -0.4 is 5.32 Å². The number of ketones is 1. The third kappa shape index (κ3) is 4.58. The highest BCUT2D eigenvalue weighted by molar-refractivity contribution is 7.99. The lowest BCUT2D eigenvalue weighted by Crippen LogP contribution is -2.42. The van der Waals surface area contributed by atoms with Crippen molar-refractivity contribution in [2.24, 2.45) is 0 Å². The van der Waals surface area contributed by atoms with E-state index in [4.69, 9.17) is 0 Å². The lowest BCUT2D eigenvalue weighted by Gasteiger charge is -2.16. The van der Waals surface area contributed by atoms with Crippen LogP contribution in [0.1, 0.15) is 56.0 Å². The number of rotatable bonds is 9.